The summed E-state index contributed by atoms with van der Waals surface area (Å²) in [5.74, 6) is 0.839. The minimum Gasteiger partial charge on any atom is -0.383 e. The predicted molar refractivity (Wildman–Crippen MR) is 83.0 cm³/mol. The normalized spacial score (nSPS) is 16.7. The van der Waals surface area contributed by atoms with Crippen LogP contribution in [0.15, 0.2) is 29.5 Å². The van der Waals surface area contributed by atoms with Crippen LogP contribution in [0.4, 0.5) is 0 Å². The van der Waals surface area contributed by atoms with Gasteiger partial charge in [0.25, 0.3) is 0 Å². The van der Waals surface area contributed by atoms with Gasteiger partial charge in [-0.3, -0.25) is 4.79 Å². The van der Waals surface area contributed by atoms with Crippen molar-refractivity contribution < 1.29 is 4.79 Å². The molecule has 0 unspecified atom stereocenters. The lowest BCUT2D eigenvalue weighted by atomic mass is 10.0. The number of H-pyrrole nitrogens is 1. The van der Waals surface area contributed by atoms with Gasteiger partial charge < -0.3 is 10.7 Å². The number of carbonyl (C=O) groups is 1. The molecule has 2 aromatic heterocycles. The lowest BCUT2D eigenvalue weighted by Gasteiger charge is -2.06. The van der Waals surface area contributed by atoms with Crippen molar-refractivity contribution >= 4 is 22.8 Å². The average molecular weight is 284 g/mol. The predicted octanol–water partition coefficient (Wildman–Crippen LogP) is 2.77. The van der Waals surface area contributed by atoms with Crippen LogP contribution in [0.3, 0.4) is 0 Å². The first-order chi connectivity index (χ1) is 10.2. The van der Waals surface area contributed by atoms with Gasteiger partial charge in [0.1, 0.15) is 11.5 Å². The van der Waals surface area contributed by atoms with Crippen molar-refractivity contribution in [1.29, 1.82) is 0 Å². The van der Waals surface area contributed by atoms with E-state index in [4.69, 9.17) is 5.73 Å². The number of hydrogen-bond acceptors (Lipinski definition) is 2. The number of aromatic amines is 1. The highest BCUT2D eigenvalue weighted by Crippen LogP contribution is 2.28. The van der Waals surface area contributed by atoms with E-state index in [0.29, 0.717) is 12.3 Å². The third-order valence-corrected chi connectivity index (χ3v) is 4.21. The first-order valence-electron chi connectivity index (χ1n) is 7.53. The summed E-state index contributed by atoms with van der Waals surface area (Å²) in [4.78, 5) is 23.2. The van der Waals surface area contributed by atoms with Crippen molar-refractivity contribution in [3.8, 4) is 0 Å². The fraction of sp³-hybridized carbons (Fsp3) is 0.438. The molecule has 0 atom stereocenters. The zero-order chi connectivity index (χ0) is 14.7. The number of hydrogen-bond donors (Lipinski definition) is 2. The maximum absolute atomic E-state index is 11.9. The Labute approximate surface area is 123 Å². The van der Waals surface area contributed by atoms with E-state index >= 15 is 0 Å². The van der Waals surface area contributed by atoms with Gasteiger partial charge in [-0.05, 0) is 24.5 Å². The Morgan fingerprint density at radius 1 is 1.43 bits per heavy atom. The molecule has 1 aliphatic rings. The van der Waals surface area contributed by atoms with Crippen molar-refractivity contribution in [2.24, 2.45) is 16.6 Å². The van der Waals surface area contributed by atoms with Crippen LogP contribution in [0.1, 0.15) is 44.1 Å². The fourth-order valence-electron chi connectivity index (χ4n) is 3.04. The highest BCUT2D eigenvalue weighted by Gasteiger charge is 2.16. The second-order valence-corrected chi connectivity index (χ2v) is 5.68. The number of pyridine rings is 1. The number of aliphatic imine (C=N–C) groups is 1. The van der Waals surface area contributed by atoms with Gasteiger partial charge >= 0.3 is 0 Å². The van der Waals surface area contributed by atoms with Crippen LogP contribution in [-0.4, -0.2) is 21.7 Å². The summed E-state index contributed by atoms with van der Waals surface area (Å²) in [6.07, 6.45) is 9.99. The molecule has 5 heteroatoms. The second-order valence-electron chi connectivity index (χ2n) is 5.68. The van der Waals surface area contributed by atoms with Gasteiger partial charge in [0, 0.05) is 29.8 Å². The Hall–Kier alpha value is -2.17. The Balaban J connectivity index is 1.68. The Kier molecular flexibility index (Phi) is 3.99. The topological polar surface area (TPSA) is 84.1 Å². The molecule has 1 amide bonds. The molecule has 21 heavy (non-hydrogen) atoms. The number of aromatic nitrogens is 2. The van der Waals surface area contributed by atoms with Crippen LogP contribution in [0.25, 0.3) is 11.0 Å². The van der Waals surface area contributed by atoms with E-state index < -0.39 is 0 Å². The Morgan fingerprint density at radius 2 is 2.24 bits per heavy atom. The molecule has 0 saturated heterocycles. The summed E-state index contributed by atoms with van der Waals surface area (Å²) in [6, 6.07) is 3.76. The third kappa shape index (κ3) is 3.12. The highest BCUT2D eigenvalue weighted by molar-refractivity contribution is 6.11. The molecular formula is C16H20N4O. The number of carbonyl (C=O) groups excluding carboxylic acids is 1. The molecule has 0 radical (unpaired) electrons. The van der Waals surface area contributed by atoms with Gasteiger partial charge in [0.05, 0.1) is 0 Å². The summed E-state index contributed by atoms with van der Waals surface area (Å²) >= 11 is 0. The van der Waals surface area contributed by atoms with E-state index in [9.17, 15) is 4.79 Å². The molecule has 0 bridgehead atoms. The lowest BCUT2D eigenvalue weighted by molar-refractivity contribution is -0.118. The first kappa shape index (κ1) is 13.8. The summed E-state index contributed by atoms with van der Waals surface area (Å²) < 4.78 is 0. The highest BCUT2D eigenvalue weighted by atomic mass is 16.1. The van der Waals surface area contributed by atoms with Crippen molar-refractivity contribution in [1.82, 2.24) is 9.97 Å². The smallest absolute Gasteiger partial charge is 0.247 e. The second kappa shape index (κ2) is 6.08. The summed E-state index contributed by atoms with van der Waals surface area (Å²) in [7, 11) is 0. The number of fused-ring (bicyclic) bond motifs is 1. The molecule has 3 N–H and O–H groups in total. The molecule has 3 rings (SSSR count). The standard InChI is InChI=1S/C16H20N4O/c17-15(13-10-19-16-12(13)6-3-9-18-16)20-14(21)8-7-11-4-1-2-5-11/h3,6,9-11H,1-2,4-5,7-8H2,(H,18,19)(H2,17,20,21). The molecule has 1 fully saturated rings. The van der Waals surface area contributed by atoms with Gasteiger partial charge in [-0.2, -0.15) is 4.99 Å². The monoisotopic (exact) mass is 284 g/mol. The molecule has 2 heterocycles. The van der Waals surface area contributed by atoms with E-state index in [0.717, 1.165) is 23.0 Å². The van der Waals surface area contributed by atoms with Crippen LogP contribution in [-0.2, 0) is 4.79 Å². The van der Waals surface area contributed by atoms with E-state index in [1.807, 2.05) is 12.1 Å². The molecule has 2 aromatic rings. The van der Waals surface area contributed by atoms with Gasteiger partial charge in [0.2, 0.25) is 5.91 Å². The maximum Gasteiger partial charge on any atom is 0.247 e. The van der Waals surface area contributed by atoms with Crippen molar-refractivity contribution in [2.45, 2.75) is 38.5 Å². The zero-order valence-electron chi connectivity index (χ0n) is 12.0. The number of nitrogens with one attached hydrogen (secondary N) is 1. The fourth-order valence-corrected chi connectivity index (χ4v) is 3.04. The maximum atomic E-state index is 11.9. The number of amidine groups is 1. The van der Waals surface area contributed by atoms with Crippen molar-refractivity contribution in [3.63, 3.8) is 0 Å². The Bertz CT molecular complexity index is 668. The van der Waals surface area contributed by atoms with Crippen LogP contribution in [0, 0.1) is 5.92 Å². The van der Waals surface area contributed by atoms with E-state index in [-0.39, 0.29) is 11.7 Å². The number of rotatable bonds is 4. The van der Waals surface area contributed by atoms with E-state index in [1.165, 1.54) is 25.7 Å². The summed E-state index contributed by atoms with van der Waals surface area (Å²) in [5.41, 5.74) is 7.47. The molecular weight excluding hydrogens is 264 g/mol. The van der Waals surface area contributed by atoms with Crippen LogP contribution >= 0.6 is 0 Å². The van der Waals surface area contributed by atoms with Gasteiger partial charge in [0.15, 0.2) is 0 Å². The first-order valence-corrected chi connectivity index (χ1v) is 7.53. The molecule has 0 spiro atoms. The lowest BCUT2D eigenvalue weighted by Crippen LogP contribution is -2.15. The van der Waals surface area contributed by atoms with Crippen molar-refractivity contribution in [2.75, 3.05) is 0 Å². The van der Waals surface area contributed by atoms with Gasteiger partial charge in [-0.15, -0.1) is 0 Å². The average Bonchev–Trinajstić information content (AvgIpc) is 3.14. The molecule has 5 nitrogen and oxygen atoms in total. The minimum absolute atomic E-state index is 0.127. The zero-order valence-corrected chi connectivity index (χ0v) is 12.0. The van der Waals surface area contributed by atoms with Crippen LogP contribution in [0.5, 0.6) is 0 Å². The van der Waals surface area contributed by atoms with E-state index in [2.05, 4.69) is 15.0 Å². The molecule has 1 saturated carbocycles. The molecule has 0 aromatic carbocycles. The van der Waals surface area contributed by atoms with Crippen LogP contribution in [0.2, 0.25) is 0 Å². The number of nitrogens with two attached hydrogens (primary N) is 1. The summed E-state index contributed by atoms with van der Waals surface area (Å²) in [6.45, 7) is 0. The quantitative estimate of drug-likeness (QED) is 0.668. The minimum atomic E-state index is -0.127. The SMILES string of the molecule is NC(=NC(=O)CCC1CCCC1)c1c[nH]c2ncccc12. The van der Waals surface area contributed by atoms with Crippen LogP contribution < -0.4 is 5.73 Å². The third-order valence-electron chi connectivity index (χ3n) is 4.21. The summed E-state index contributed by atoms with van der Waals surface area (Å²) in [5, 5.41) is 0.891. The number of amides is 1. The molecule has 110 valence electrons. The van der Waals surface area contributed by atoms with E-state index in [1.54, 1.807) is 12.4 Å². The Morgan fingerprint density at radius 3 is 3.05 bits per heavy atom. The van der Waals surface area contributed by atoms with Crippen molar-refractivity contribution in [3.05, 3.63) is 30.1 Å². The molecule has 0 aliphatic heterocycles. The van der Waals surface area contributed by atoms with Gasteiger partial charge in [-0.25, -0.2) is 4.98 Å². The van der Waals surface area contributed by atoms with Gasteiger partial charge in [-0.1, -0.05) is 25.7 Å². The molecule has 1 aliphatic carbocycles. The largest absolute Gasteiger partial charge is 0.383 e. The number of nitrogens with zero attached hydrogens (tertiary/aromatic N) is 2.